The van der Waals surface area contributed by atoms with E-state index < -0.39 is 0 Å². The molecule has 2 N–H and O–H groups in total. The molecule has 1 atom stereocenters. The third kappa shape index (κ3) is 4.30. The van der Waals surface area contributed by atoms with Gasteiger partial charge in [-0.15, -0.1) is 0 Å². The van der Waals surface area contributed by atoms with Crippen LogP contribution in [0.15, 0.2) is 30.3 Å². The van der Waals surface area contributed by atoms with Gasteiger partial charge in [0.25, 0.3) is 0 Å². The van der Waals surface area contributed by atoms with Crippen molar-refractivity contribution in [3.63, 3.8) is 0 Å². The molecule has 1 fully saturated rings. The van der Waals surface area contributed by atoms with E-state index in [9.17, 15) is 0 Å². The Morgan fingerprint density at radius 2 is 1.60 bits per heavy atom. The molecule has 1 aromatic carbocycles. The van der Waals surface area contributed by atoms with Gasteiger partial charge in [0.05, 0.1) is 0 Å². The second kappa shape index (κ2) is 6.70. The highest BCUT2D eigenvalue weighted by atomic mass is 15.3. The molecule has 0 aromatic heterocycles. The highest BCUT2D eigenvalue weighted by molar-refractivity contribution is 5.14. The fourth-order valence-corrected chi connectivity index (χ4v) is 2.67. The van der Waals surface area contributed by atoms with Crippen LogP contribution < -0.4 is 5.73 Å². The first-order valence-electron chi connectivity index (χ1n) is 7.71. The molecular weight excluding hydrogens is 246 g/mol. The molecule has 3 nitrogen and oxygen atoms in total. The van der Waals surface area contributed by atoms with Gasteiger partial charge in [0, 0.05) is 45.3 Å². The highest BCUT2D eigenvalue weighted by Gasteiger charge is 2.27. The molecule has 20 heavy (non-hydrogen) atoms. The van der Waals surface area contributed by atoms with Crippen molar-refractivity contribution in [2.24, 2.45) is 11.1 Å². The van der Waals surface area contributed by atoms with E-state index in [2.05, 4.69) is 60.9 Å². The Morgan fingerprint density at radius 1 is 1.05 bits per heavy atom. The van der Waals surface area contributed by atoms with Crippen LogP contribution in [-0.4, -0.2) is 48.6 Å². The van der Waals surface area contributed by atoms with Crippen LogP contribution in [0.5, 0.6) is 0 Å². The minimum Gasteiger partial charge on any atom is -0.327 e. The lowest BCUT2D eigenvalue weighted by Gasteiger charge is -2.40. The Balaban J connectivity index is 1.78. The van der Waals surface area contributed by atoms with E-state index in [-0.39, 0.29) is 11.5 Å². The van der Waals surface area contributed by atoms with Gasteiger partial charge in [-0.25, -0.2) is 0 Å². The van der Waals surface area contributed by atoms with E-state index in [0.717, 1.165) is 39.3 Å². The largest absolute Gasteiger partial charge is 0.327 e. The van der Waals surface area contributed by atoms with Crippen LogP contribution in [0.25, 0.3) is 0 Å². The summed E-state index contributed by atoms with van der Waals surface area (Å²) < 4.78 is 0. The number of piperazine rings is 1. The number of rotatable bonds is 5. The van der Waals surface area contributed by atoms with Crippen molar-refractivity contribution in [1.82, 2.24) is 9.80 Å². The molecule has 1 aromatic rings. The summed E-state index contributed by atoms with van der Waals surface area (Å²) >= 11 is 0. The zero-order valence-corrected chi connectivity index (χ0v) is 13.2. The maximum absolute atomic E-state index is 6.08. The zero-order valence-electron chi connectivity index (χ0n) is 13.2. The van der Waals surface area contributed by atoms with E-state index in [1.165, 1.54) is 5.56 Å². The normalized spacial score (nSPS) is 20.0. The number of hydrogen-bond acceptors (Lipinski definition) is 3. The summed E-state index contributed by atoms with van der Waals surface area (Å²) in [6.07, 6.45) is 0. The van der Waals surface area contributed by atoms with Crippen molar-refractivity contribution in [2.45, 2.75) is 33.4 Å². The molecule has 3 heteroatoms. The van der Waals surface area contributed by atoms with Gasteiger partial charge in [-0.05, 0) is 17.9 Å². The van der Waals surface area contributed by atoms with Gasteiger partial charge < -0.3 is 10.6 Å². The van der Waals surface area contributed by atoms with Gasteiger partial charge >= 0.3 is 0 Å². The molecule has 112 valence electrons. The van der Waals surface area contributed by atoms with E-state index in [0.29, 0.717) is 0 Å². The topological polar surface area (TPSA) is 32.5 Å². The van der Waals surface area contributed by atoms with Crippen LogP contribution in [0.4, 0.5) is 0 Å². The summed E-state index contributed by atoms with van der Waals surface area (Å²) in [7, 11) is 0. The molecule has 0 aliphatic carbocycles. The molecule has 1 unspecified atom stereocenters. The SMILES string of the molecule is CC(N)C(C)(C)CN1CCN(Cc2ccccc2)CC1. The first-order chi connectivity index (χ1) is 9.47. The molecule has 2 rings (SSSR count). The van der Waals surface area contributed by atoms with Gasteiger partial charge in [0.1, 0.15) is 0 Å². The molecule has 0 radical (unpaired) electrons. The molecule has 1 saturated heterocycles. The van der Waals surface area contributed by atoms with Crippen LogP contribution >= 0.6 is 0 Å². The Morgan fingerprint density at radius 3 is 2.15 bits per heavy atom. The number of nitrogens with two attached hydrogens (primary N) is 1. The highest BCUT2D eigenvalue weighted by Crippen LogP contribution is 2.21. The fraction of sp³-hybridized carbons (Fsp3) is 0.647. The smallest absolute Gasteiger partial charge is 0.0234 e. The summed E-state index contributed by atoms with van der Waals surface area (Å²) in [5.41, 5.74) is 7.69. The summed E-state index contributed by atoms with van der Waals surface area (Å²) in [5.74, 6) is 0. The molecular formula is C17H29N3. The van der Waals surface area contributed by atoms with Gasteiger partial charge in [-0.1, -0.05) is 44.2 Å². The fourth-order valence-electron chi connectivity index (χ4n) is 2.67. The second-order valence-corrected chi connectivity index (χ2v) is 6.82. The maximum Gasteiger partial charge on any atom is 0.0234 e. The van der Waals surface area contributed by atoms with Crippen LogP contribution in [0.2, 0.25) is 0 Å². The first-order valence-corrected chi connectivity index (χ1v) is 7.71. The average molecular weight is 275 g/mol. The van der Waals surface area contributed by atoms with E-state index in [1.54, 1.807) is 0 Å². The lowest BCUT2D eigenvalue weighted by Crippen LogP contribution is -2.51. The molecule has 0 amide bonds. The third-order valence-corrected chi connectivity index (χ3v) is 4.58. The molecule has 0 bridgehead atoms. The molecule has 1 aliphatic heterocycles. The van der Waals surface area contributed by atoms with Gasteiger partial charge in [-0.2, -0.15) is 0 Å². The summed E-state index contributed by atoms with van der Waals surface area (Å²) in [6.45, 7) is 13.5. The van der Waals surface area contributed by atoms with Crippen molar-refractivity contribution in [3.8, 4) is 0 Å². The lowest BCUT2D eigenvalue weighted by atomic mass is 9.85. The summed E-state index contributed by atoms with van der Waals surface area (Å²) in [6, 6.07) is 11.0. The van der Waals surface area contributed by atoms with Crippen molar-refractivity contribution in [3.05, 3.63) is 35.9 Å². The Bertz CT molecular complexity index is 392. The van der Waals surface area contributed by atoms with Crippen LogP contribution in [0.3, 0.4) is 0 Å². The molecule has 1 aliphatic rings. The first kappa shape index (κ1) is 15.5. The van der Waals surface area contributed by atoms with Crippen molar-refractivity contribution >= 4 is 0 Å². The predicted octanol–water partition coefficient (Wildman–Crippen LogP) is 2.18. The van der Waals surface area contributed by atoms with Crippen molar-refractivity contribution in [1.29, 1.82) is 0 Å². The van der Waals surface area contributed by atoms with Crippen molar-refractivity contribution < 1.29 is 0 Å². The Hall–Kier alpha value is -0.900. The van der Waals surface area contributed by atoms with Gasteiger partial charge in [-0.3, -0.25) is 4.90 Å². The standard InChI is InChI=1S/C17H29N3/c1-15(18)17(2,3)14-20-11-9-19(10-12-20)13-16-7-5-4-6-8-16/h4-8,15H,9-14,18H2,1-3H3. The molecule has 1 heterocycles. The Labute approximate surface area is 123 Å². The van der Waals surface area contributed by atoms with Crippen LogP contribution in [-0.2, 0) is 6.54 Å². The third-order valence-electron chi connectivity index (χ3n) is 4.58. The van der Waals surface area contributed by atoms with Crippen LogP contribution in [0, 0.1) is 5.41 Å². The molecule has 0 saturated carbocycles. The van der Waals surface area contributed by atoms with Gasteiger partial charge in [0.15, 0.2) is 0 Å². The minimum atomic E-state index is 0.196. The van der Waals surface area contributed by atoms with E-state index in [4.69, 9.17) is 5.73 Å². The number of benzene rings is 1. The summed E-state index contributed by atoms with van der Waals surface area (Å²) in [5, 5.41) is 0. The monoisotopic (exact) mass is 275 g/mol. The molecule has 0 spiro atoms. The average Bonchev–Trinajstić information content (AvgIpc) is 2.42. The summed E-state index contributed by atoms with van der Waals surface area (Å²) in [4.78, 5) is 5.11. The van der Waals surface area contributed by atoms with Gasteiger partial charge in [0.2, 0.25) is 0 Å². The van der Waals surface area contributed by atoms with Crippen LogP contribution in [0.1, 0.15) is 26.3 Å². The number of nitrogens with zero attached hydrogens (tertiary/aromatic N) is 2. The lowest BCUT2D eigenvalue weighted by molar-refractivity contribution is 0.0856. The number of hydrogen-bond donors (Lipinski definition) is 1. The van der Waals surface area contributed by atoms with E-state index in [1.807, 2.05) is 0 Å². The van der Waals surface area contributed by atoms with E-state index >= 15 is 0 Å². The van der Waals surface area contributed by atoms with Crippen molar-refractivity contribution in [2.75, 3.05) is 32.7 Å². The maximum atomic E-state index is 6.08. The minimum absolute atomic E-state index is 0.196. The second-order valence-electron chi connectivity index (χ2n) is 6.82. The predicted molar refractivity (Wildman–Crippen MR) is 85.6 cm³/mol. The quantitative estimate of drug-likeness (QED) is 0.894. The Kier molecular flexibility index (Phi) is 5.19. The zero-order chi connectivity index (χ0) is 14.6.